The van der Waals surface area contributed by atoms with Crippen molar-refractivity contribution in [3.8, 4) is 0 Å². The first-order chi connectivity index (χ1) is 15.9. The fraction of sp³-hybridized carbons (Fsp3) is 0.320. The molecule has 1 fully saturated rings. The molecule has 1 aromatic heterocycles. The van der Waals surface area contributed by atoms with E-state index >= 15 is 0 Å². The van der Waals surface area contributed by atoms with Gasteiger partial charge in [-0.3, -0.25) is 4.79 Å². The Morgan fingerprint density at radius 1 is 1.06 bits per heavy atom. The first-order valence-electron chi connectivity index (χ1n) is 11.0. The van der Waals surface area contributed by atoms with Crippen LogP contribution >= 0.6 is 0 Å². The molecule has 1 N–H and O–H groups in total. The number of nitrogens with zero attached hydrogens (tertiary/aromatic N) is 2. The molecule has 2 aliphatic rings. The monoisotopic (exact) mass is 455 g/mol. The van der Waals surface area contributed by atoms with Crippen molar-refractivity contribution >= 4 is 17.3 Å². The summed E-state index contributed by atoms with van der Waals surface area (Å²) in [5.74, 6) is -0.0350. The molecule has 0 spiro atoms. The maximum atomic E-state index is 13.4. The highest BCUT2D eigenvalue weighted by Crippen LogP contribution is 2.40. The molecule has 2 unspecified atom stereocenters. The van der Waals surface area contributed by atoms with E-state index in [0.29, 0.717) is 24.4 Å². The molecule has 1 amide bonds. The Kier molecular flexibility index (Phi) is 5.52. The van der Waals surface area contributed by atoms with Crippen molar-refractivity contribution < 1.29 is 22.4 Å². The Bertz CT molecular complexity index is 1120. The molecule has 172 valence electrons. The number of rotatable bonds is 4. The maximum absolute atomic E-state index is 13.4. The van der Waals surface area contributed by atoms with E-state index in [1.54, 1.807) is 18.2 Å². The molecular formula is C25H24F3N3O2. The summed E-state index contributed by atoms with van der Waals surface area (Å²) in [6.07, 6.45) is -2.63. The average Bonchev–Trinajstić information content (AvgIpc) is 3.35. The largest absolute Gasteiger partial charge is 0.467 e. The summed E-state index contributed by atoms with van der Waals surface area (Å²) in [7, 11) is 0. The summed E-state index contributed by atoms with van der Waals surface area (Å²) in [6, 6.07) is 17.2. The van der Waals surface area contributed by atoms with Crippen molar-refractivity contribution in [3.05, 3.63) is 83.8 Å². The van der Waals surface area contributed by atoms with Gasteiger partial charge in [0.15, 0.2) is 0 Å². The fourth-order valence-corrected chi connectivity index (χ4v) is 4.89. The summed E-state index contributed by atoms with van der Waals surface area (Å²) in [6.45, 7) is 2.21. The predicted molar refractivity (Wildman–Crippen MR) is 119 cm³/mol. The topological polar surface area (TPSA) is 48.7 Å². The molecule has 1 saturated heterocycles. The van der Waals surface area contributed by atoms with Gasteiger partial charge >= 0.3 is 6.18 Å². The molecule has 3 heterocycles. The SMILES string of the molecule is O=C(NCc1ccco1)C1Cc2cc(C(F)(F)F)ccc2N2CCN(c3ccccc3)CC12. The second-order valence-corrected chi connectivity index (χ2v) is 8.49. The lowest BCUT2D eigenvalue weighted by molar-refractivity contribution is -0.137. The van der Waals surface area contributed by atoms with E-state index in [9.17, 15) is 18.0 Å². The average molecular weight is 455 g/mol. The van der Waals surface area contributed by atoms with E-state index in [0.717, 1.165) is 24.0 Å². The zero-order valence-corrected chi connectivity index (χ0v) is 17.9. The maximum Gasteiger partial charge on any atom is 0.416 e. The van der Waals surface area contributed by atoms with Gasteiger partial charge in [0, 0.05) is 31.0 Å². The number of fused-ring (bicyclic) bond motifs is 3. The highest BCUT2D eigenvalue weighted by Gasteiger charge is 2.42. The lowest BCUT2D eigenvalue weighted by Gasteiger charge is -2.49. The first kappa shape index (κ1) is 21.4. The molecule has 2 aromatic carbocycles. The minimum absolute atomic E-state index is 0.153. The summed E-state index contributed by atoms with van der Waals surface area (Å²) in [5, 5.41) is 2.92. The highest BCUT2D eigenvalue weighted by atomic mass is 19.4. The number of para-hydroxylation sites is 1. The third kappa shape index (κ3) is 4.29. The van der Waals surface area contributed by atoms with Crippen LogP contribution in [-0.4, -0.2) is 31.6 Å². The van der Waals surface area contributed by atoms with Crippen LogP contribution in [-0.2, 0) is 23.9 Å². The molecule has 3 aromatic rings. The predicted octanol–water partition coefficient (Wildman–Crippen LogP) is 4.48. The molecule has 0 radical (unpaired) electrons. The second kappa shape index (κ2) is 8.50. The number of halogens is 3. The van der Waals surface area contributed by atoms with Crippen molar-refractivity contribution in [2.24, 2.45) is 5.92 Å². The van der Waals surface area contributed by atoms with Crippen LogP contribution in [0, 0.1) is 5.92 Å². The van der Waals surface area contributed by atoms with Crippen LogP contribution in [0.15, 0.2) is 71.3 Å². The molecule has 5 rings (SSSR count). The van der Waals surface area contributed by atoms with Crippen LogP contribution in [0.2, 0.25) is 0 Å². The first-order valence-corrected chi connectivity index (χ1v) is 11.0. The minimum atomic E-state index is -4.42. The van der Waals surface area contributed by atoms with Gasteiger partial charge in [0.25, 0.3) is 0 Å². The van der Waals surface area contributed by atoms with E-state index < -0.39 is 17.7 Å². The molecule has 33 heavy (non-hydrogen) atoms. The smallest absolute Gasteiger partial charge is 0.416 e. The molecule has 0 bridgehead atoms. The Hall–Kier alpha value is -3.42. The number of benzene rings is 2. The zero-order valence-electron chi connectivity index (χ0n) is 17.9. The van der Waals surface area contributed by atoms with E-state index in [4.69, 9.17) is 4.42 Å². The molecule has 2 atom stereocenters. The number of carbonyl (C=O) groups is 1. The van der Waals surface area contributed by atoms with Gasteiger partial charge in [0.05, 0.1) is 30.3 Å². The van der Waals surface area contributed by atoms with Gasteiger partial charge in [-0.05, 0) is 54.4 Å². The highest BCUT2D eigenvalue weighted by molar-refractivity contribution is 5.82. The fourth-order valence-electron chi connectivity index (χ4n) is 4.89. The third-order valence-electron chi connectivity index (χ3n) is 6.51. The third-order valence-corrected chi connectivity index (χ3v) is 6.51. The number of nitrogens with one attached hydrogen (secondary N) is 1. The number of furan rings is 1. The normalized spacial score (nSPS) is 20.2. The summed E-state index contributed by atoms with van der Waals surface area (Å²) >= 11 is 0. The lowest BCUT2D eigenvalue weighted by Crippen LogP contribution is -2.61. The van der Waals surface area contributed by atoms with Gasteiger partial charge < -0.3 is 19.5 Å². The minimum Gasteiger partial charge on any atom is -0.467 e. The Morgan fingerprint density at radius 3 is 2.61 bits per heavy atom. The summed E-state index contributed by atoms with van der Waals surface area (Å²) in [4.78, 5) is 17.6. The molecule has 2 aliphatic heterocycles. The summed E-state index contributed by atoms with van der Waals surface area (Å²) in [5.41, 5.74) is 1.74. The van der Waals surface area contributed by atoms with E-state index in [2.05, 4.69) is 15.1 Å². The van der Waals surface area contributed by atoms with Crippen molar-refractivity contribution in [1.29, 1.82) is 0 Å². The quantitative estimate of drug-likeness (QED) is 0.630. The summed E-state index contributed by atoms with van der Waals surface area (Å²) < 4.78 is 45.4. The van der Waals surface area contributed by atoms with Gasteiger partial charge in [-0.25, -0.2) is 0 Å². The standard InChI is InChI=1S/C25H24F3N3O2/c26-25(27,28)18-8-9-22-17(13-18)14-21(24(32)29-15-20-7-4-12-33-20)23-16-30(10-11-31(22)23)19-5-2-1-3-6-19/h1-9,12-13,21,23H,10-11,14-16H2,(H,29,32). The van der Waals surface area contributed by atoms with Gasteiger partial charge in [-0.2, -0.15) is 13.2 Å². The van der Waals surface area contributed by atoms with Crippen LogP contribution in [0.5, 0.6) is 0 Å². The molecular weight excluding hydrogens is 431 g/mol. The number of amides is 1. The molecule has 5 nitrogen and oxygen atoms in total. The Balaban J connectivity index is 1.45. The lowest BCUT2D eigenvalue weighted by atomic mass is 9.82. The number of hydrogen-bond donors (Lipinski definition) is 1. The van der Waals surface area contributed by atoms with Crippen LogP contribution in [0.25, 0.3) is 0 Å². The number of alkyl halides is 3. The number of piperazine rings is 1. The number of anilines is 2. The van der Waals surface area contributed by atoms with Gasteiger partial charge in [0.2, 0.25) is 5.91 Å². The number of hydrogen-bond acceptors (Lipinski definition) is 4. The van der Waals surface area contributed by atoms with E-state index in [1.807, 2.05) is 30.3 Å². The van der Waals surface area contributed by atoms with Crippen LogP contribution in [0.4, 0.5) is 24.5 Å². The van der Waals surface area contributed by atoms with Crippen LogP contribution in [0.1, 0.15) is 16.9 Å². The molecule has 0 aliphatic carbocycles. The van der Waals surface area contributed by atoms with E-state index in [-0.39, 0.29) is 24.9 Å². The van der Waals surface area contributed by atoms with Gasteiger partial charge in [-0.15, -0.1) is 0 Å². The van der Waals surface area contributed by atoms with Crippen LogP contribution < -0.4 is 15.1 Å². The second-order valence-electron chi connectivity index (χ2n) is 8.49. The van der Waals surface area contributed by atoms with Gasteiger partial charge in [0.1, 0.15) is 5.76 Å². The Labute approximate surface area is 189 Å². The zero-order chi connectivity index (χ0) is 23.0. The van der Waals surface area contributed by atoms with Crippen LogP contribution in [0.3, 0.4) is 0 Å². The van der Waals surface area contributed by atoms with Crippen molar-refractivity contribution in [2.75, 3.05) is 29.4 Å². The molecule has 0 saturated carbocycles. The van der Waals surface area contributed by atoms with Gasteiger partial charge in [-0.1, -0.05) is 18.2 Å². The van der Waals surface area contributed by atoms with Crippen molar-refractivity contribution in [3.63, 3.8) is 0 Å². The van der Waals surface area contributed by atoms with Crippen molar-refractivity contribution in [2.45, 2.75) is 25.2 Å². The van der Waals surface area contributed by atoms with Crippen molar-refractivity contribution in [1.82, 2.24) is 5.32 Å². The number of carbonyl (C=O) groups excluding carboxylic acids is 1. The Morgan fingerprint density at radius 2 is 1.88 bits per heavy atom. The van der Waals surface area contributed by atoms with E-state index in [1.165, 1.54) is 12.3 Å². The molecule has 8 heteroatoms.